The number of anilines is 2. The lowest BCUT2D eigenvalue weighted by molar-refractivity contribution is 0.574. The number of nitrogens with one attached hydrogen (secondary N) is 1. The molecule has 0 aliphatic heterocycles. The number of hydrogen-bond acceptors (Lipinski definition) is 4. The van der Waals surface area contributed by atoms with E-state index in [1.165, 1.54) is 40.9 Å². The summed E-state index contributed by atoms with van der Waals surface area (Å²) in [7, 11) is 8.29. The zero-order valence-electron chi connectivity index (χ0n) is 18.5. The largest absolute Gasteiger partial charge is 0.378 e. The molecule has 0 unspecified atom stereocenters. The summed E-state index contributed by atoms with van der Waals surface area (Å²) in [5.74, 6) is 0. The molecule has 1 aliphatic carbocycles. The van der Waals surface area contributed by atoms with Crippen LogP contribution in [0.2, 0.25) is 0 Å². The number of rotatable bonds is 8. The lowest BCUT2D eigenvalue weighted by atomic mass is 9.95. The molecule has 0 bridgehead atoms. The Hall–Kier alpha value is -2.85. The van der Waals surface area contributed by atoms with Crippen molar-refractivity contribution in [3.63, 3.8) is 0 Å². The first-order chi connectivity index (χ1) is 14.5. The summed E-state index contributed by atoms with van der Waals surface area (Å²) in [5, 5.41) is 3.69. The molecule has 1 heterocycles. The van der Waals surface area contributed by atoms with Gasteiger partial charge in [-0.25, -0.2) is 0 Å². The molecular formula is C26H32N4. The number of nitrogens with zero attached hydrogens (tertiary/aromatic N) is 3. The van der Waals surface area contributed by atoms with Gasteiger partial charge >= 0.3 is 0 Å². The molecule has 1 N–H and O–H groups in total. The maximum absolute atomic E-state index is 4.66. The highest BCUT2D eigenvalue weighted by Crippen LogP contribution is 2.48. The maximum Gasteiger partial charge on any atom is 0.0705 e. The zero-order valence-corrected chi connectivity index (χ0v) is 18.5. The molecule has 0 saturated heterocycles. The summed E-state index contributed by atoms with van der Waals surface area (Å²) < 4.78 is 0. The van der Waals surface area contributed by atoms with Crippen LogP contribution in [-0.4, -0.2) is 39.7 Å². The van der Waals surface area contributed by atoms with E-state index in [0.29, 0.717) is 0 Å². The second-order valence-corrected chi connectivity index (χ2v) is 8.82. The molecule has 0 radical (unpaired) electrons. The summed E-state index contributed by atoms with van der Waals surface area (Å²) in [4.78, 5) is 8.92. The Balaban J connectivity index is 1.44. The van der Waals surface area contributed by atoms with Gasteiger partial charge in [0.1, 0.15) is 0 Å². The Labute approximate surface area is 180 Å². The topological polar surface area (TPSA) is 31.4 Å². The number of pyridine rings is 1. The molecule has 0 atom stereocenters. The van der Waals surface area contributed by atoms with E-state index >= 15 is 0 Å². The summed E-state index contributed by atoms with van der Waals surface area (Å²) in [6.07, 6.45) is 4.44. The molecule has 4 heteroatoms. The fraction of sp³-hybridized carbons (Fsp3) is 0.346. The van der Waals surface area contributed by atoms with Crippen molar-refractivity contribution in [1.29, 1.82) is 0 Å². The second kappa shape index (κ2) is 8.49. The molecule has 1 saturated carbocycles. The monoisotopic (exact) mass is 400 g/mol. The highest BCUT2D eigenvalue weighted by Gasteiger charge is 2.43. The Bertz CT molecular complexity index is 988. The Morgan fingerprint density at radius 3 is 2.27 bits per heavy atom. The van der Waals surface area contributed by atoms with E-state index in [4.69, 9.17) is 0 Å². The molecule has 0 spiro atoms. The van der Waals surface area contributed by atoms with Gasteiger partial charge in [0.25, 0.3) is 0 Å². The van der Waals surface area contributed by atoms with Gasteiger partial charge in [0.15, 0.2) is 0 Å². The average Bonchev–Trinajstić information content (AvgIpc) is 3.55. The van der Waals surface area contributed by atoms with Crippen LogP contribution in [0.25, 0.3) is 11.3 Å². The third kappa shape index (κ3) is 4.49. The van der Waals surface area contributed by atoms with Gasteiger partial charge in [-0.2, -0.15) is 0 Å². The van der Waals surface area contributed by atoms with Gasteiger partial charge in [-0.15, -0.1) is 0 Å². The van der Waals surface area contributed by atoms with Crippen LogP contribution in [-0.2, 0) is 12.0 Å². The first-order valence-corrected chi connectivity index (χ1v) is 10.7. The number of hydrogen-bond donors (Lipinski definition) is 1. The standard InChI is InChI=1S/C26H32N4/c1-29(2)23-10-8-20(9-11-23)18-27-19-26(13-14-26)22-12-15-28-25(17-22)21-6-5-7-24(16-21)30(3)4/h5-12,15-17,27H,13-14,18-19H2,1-4H3. The van der Waals surface area contributed by atoms with E-state index in [0.717, 1.165) is 18.8 Å². The molecule has 1 fully saturated rings. The number of benzene rings is 2. The van der Waals surface area contributed by atoms with Gasteiger partial charge < -0.3 is 15.1 Å². The van der Waals surface area contributed by atoms with Crippen LogP contribution < -0.4 is 15.1 Å². The van der Waals surface area contributed by atoms with Crippen molar-refractivity contribution in [2.75, 3.05) is 44.5 Å². The molecule has 3 aromatic rings. The van der Waals surface area contributed by atoms with Gasteiger partial charge in [-0.3, -0.25) is 4.98 Å². The molecule has 4 rings (SSSR count). The van der Waals surface area contributed by atoms with E-state index in [1.807, 2.05) is 6.20 Å². The average molecular weight is 401 g/mol. The van der Waals surface area contributed by atoms with Gasteiger partial charge in [0.05, 0.1) is 5.69 Å². The summed E-state index contributed by atoms with van der Waals surface area (Å²) >= 11 is 0. The molecule has 1 aromatic heterocycles. The van der Waals surface area contributed by atoms with Gasteiger partial charge in [-0.1, -0.05) is 24.3 Å². The van der Waals surface area contributed by atoms with Crippen LogP contribution in [0.3, 0.4) is 0 Å². The van der Waals surface area contributed by atoms with Crippen LogP contribution in [0.4, 0.5) is 11.4 Å². The summed E-state index contributed by atoms with van der Waals surface area (Å²) in [5.41, 5.74) is 7.64. The fourth-order valence-electron chi connectivity index (χ4n) is 3.94. The van der Waals surface area contributed by atoms with Crippen LogP contribution in [0, 0.1) is 0 Å². The van der Waals surface area contributed by atoms with Crippen molar-refractivity contribution in [3.05, 3.63) is 78.0 Å². The SMILES string of the molecule is CN(C)c1ccc(CNCC2(c3ccnc(-c4cccc(N(C)C)c4)c3)CC2)cc1. The summed E-state index contributed by atoms with van der Waals surface area (Å²) in [6.45, 7) is 1.90. The predicted molar refractivity (Wildman–Crippen MR) is 127 cm³/mol. The van der Waals surface area contributed by atoms with E-state index in [9.17, 15) is 0 Å². The lowest BCUT2D eigenvalue weighted by Gasteiger charge is -2.18. The predicted octanol–water partition coefficient (Wildman–Crippen LogP) is 4.70. The molecule has 4 nitrogen and oxygen atoms in total. The maximum atomic E-state index is 4.66. The Morgan fingerprint density at radius 1 is 0.867 bits per heavy atom. The quantitative estimate of drug-likeness (QED) is 0.594. The molecule has 2 aromatic carbocycles. The highest BCUT2D eigenvalue weighted by atomic mass is 15.1. The Morgan fingerprint density at radius 2 is 1.60 bits per heavy atom. The Kier molecular flexibility index (Phi) is 5.78. The lowest BCUT2D eigenvalue weighted by Crippen LogP contribution is -2.26. The van der Waals surface area contributed by atoms with E-state index in [2.05, 4.69) is 109 Å². The van der Waals surface area contributed by atoms with Crippen LogP contribution in [0.5, 0.6) is 0 Å². The van der Waals surface area contributed by atoms with Gasteiger partial charge in [-0.05, 0) is 60.4 Å². The third-order valence-corrected chi connectivity index (χ3v) is 6.13. The second-order valence-electron chi connectivity index (χ2n) is 8.82. The smallest absolute Gasteiger partial charge is 0.0705 e. The van der Waals surface area contributed by atoms with Crippen molar-refractivity contribution < 1.29 is 0 Å². The van der Waals surface area contributed by atoms with Crippen molar-refractivity contribution in [1.82, 2.24) is 10.3 Å². The normalized spacial score (nSPS) is 14.4. The molecular weight excluding hydrogens is 368 g/mol. The van der Waals surface area contributed by atoms with Crippen molar-refractivity contribution >= 4 is 11.4 Å². The molecule has 156 valence electrons. The van der Waals surface area contributed by atoms with E-state index < -0.39 is 0 Å². The first-order valence-electron chi connectivity index (χ1n) is 10.7. The minimum absolute atomic E-state index is 0.250. The molecule has 0 amide bonds. The van der Waals surface area contributed by atoms with Crippen LogP contribution in [0.1, 0.15) is 24.0 Å². The molecule has 1 aliphatic rings. The van der Waals surface area contributed by atoms with Crippen LogP contribution in [0.15, 0.2) is 66.9 Å². The third-order valence-electron chi connectivity index (χ3n) is 6.13. The van der Waals surface area contributed by atoms with E-state index in [1.54, 1.807) is 0 Å². The fourth-order valence-corrected chi connectivity index (χ4v) is 3.94. The van der Waals surface area contributed by atoms with Crippen LogP contribution >= 0.6 is 0 Å². The zero-order chi connectivity index (χ0) is 21.1. The van der Waals surface area contributed by atoms with Crippen molar-refractivity contribution in [3.8, 4) is 11.3 Å². The van der Waals surface area contributed by atoms with Crippen molar-refractivity contribution in [2.24, 2.45) is 0 Å². The van der Waals surface area contributed by atoms with E-state index in [-0.39, 0.29) is 5.41 Å². The summed E-state index contributed by atoms with van der Waals surface area (Å²) in [6, 6.07) is 21.9. The molecule has 30 heavy (non-hydrogen) atoms. The highest BCUT2D eigenvalue weighted by molar-refractivity contribution is 5.66. The van der Waals surface area contributed by atoms with Gasteiger partial charge in [0.2, 0.25) is 0 Å². The minimum atomic E-state index is 0.250. The first kappa shape index (κ1) is 20.4. The minimum Gasteiger partial charge on any atom is -0.378 e. The van der Waals surface area contributed by atoms with Gasteiger partial charge in [0, 0.05) is 69.8 Å². The number of aromatic nitrogens is 1. The van der Waals surface area contributed by atoms with Crippen molar-refractivity contribution in [2.45, 2.75) is 24.8 Å².